The van der Waals surface area contributed by atoms with Crippen LogP contribution in [0.25, 0.3) is 0 Å². The van der Waals surface area contributed by atoms with Crippen molar-refractivity contribution in [2.24, 2.45) is 5.73 Å². The third-order valence-corrected chi connectivity index (χ3v) is 3.98. The van der Waals surface area contributed by atoms with Gasteiger partial charge in [-0.25, -0.2) is 9.97 Å². The molecule has 22 heavy (non-hydrogen) atoms. The zero-order valence-corrected chi connectivity index (χ0v) is 12.5. The highest BCUT2D eigenvalue weighted by Crippen LogP contribution is 2.32. The van der Waals surface area contributed by atoms with Crippen LogP contribution in [0.3, 0.4) is 0 Å². The zero-order chi connectivity index (χ0) is 16.5. The molecule has 1 atom stereocenters. The molecule has 3 N–H and O–H groups in total. The predicted molar refractivity (Wildman–Crippen MR) is 76.6 cm³/mol. The molecule has 1 amide bonds. The van der Waals surface area contributed by atoms with Crippen LogP contribution in [-0.4, -0.2) is 15.9 Å². The van der Waals surface area contributed by atoms with Gasteiger partial charge in [0.1, 0.15) is 15.7 Å². The molecule has 0 fully saturated rings. The number of nitrogens with one attached hydrogen (secondary N) is 1. The van der Waals surface area contributed by atoms with E-state index in [9.17, 15) is 18.0 Å². The SMILES string of the molecule is Cc1cnc(NC(=O)c2cnc([C@H](C)N)s2)cc1C(F)(F)F. The third-order valence-electron chi connectivity index (χ3n) is 2.79. The second-order valence-corrected chi connectivity index (χ2v) is 5.75. The van der Waals surface area contributed by atoms with Crippen molar-refractivity contribution in [3.8, 4) is 0 Å². The highest BCUT2D eigenvalue weighted by Gasteiger charge is 2.33. The summed E-state index contributed by atoms with van der Waals surface area (Å²) in [5.74, 6) is -0.743. The molecule has 118 valence electrons. The van der Waals surface area contributed by atoms with Crippen molar-refractivity contribution in [3.05, 3.63) is 39.5 Å². The van der Waals surface area contributed by atoms with E-state index >= 15 is 0 Å². The van der Waals surface area contributed by atoms with E-state index in [1.54, 1.807) is 6.92 Å². The Hall–Kier alpha value is -2.00. The maximum atomic E-state index is 12.8. The number of carbonyl (C=O) groups is 1. The fourth-order valence-electron chi connectivity index (χ4n) is 1.68. The number of amides is 1. The van der Waals surface area contributed by atoms with Crippen LogP contribution in [-0.2, 0) is 6.18 Å². The summed E-state index contributed by atoms with van der Waals surface area (Å²) >= 11 is 1.08. The van der Waals surface area contributed by atoms with Gasteiger partial charge in [-0.15, -0.1) is 11.3 Å². The monoisotopic (exact) mass is 330 g/mol. The number of nitrogens with zero attached hydrogens (tertiary/aromatic N) is 2. The number of aromatic nitrogens is 2. The van der Waals surface area contributed by atoms with Crippen LogP contribution in [0, 0.1) is 6.92 Å². The molecule has 0 aliphatic rings. The number of halogens is 3. The molecule has 2 aromatic rings. The van der Waals surface area contributed by atoms with Crippen molar-refractivity contribution in [2.75, 3.05) is 5.32 Å². The molecular weight excluding hydrogens is 317 g/mol. The van der Waals surface area contributed by atoms with E-state index in [1.165, 1.54) is 13.1 Å². The highest BCUT2D eigenvalue weighted by atomic mass is 32.1. The maximum Gasteiger partial charge on any atom is 0.416 e. The zero-order valence-electron chi connectivity index (χ0n) is 11.7. The lowest BCUT2D eigenvalue weighted by Gasteiger charge is -2.11. The van der Waals surface area contributed by atoms with E-state index in [0.29, 0.717) is 5.01 Å². The molecule has 5 nitrogen and oxygen atoms in total. The first-order valence-electron chi connectivity index (χ1n) is 6.25. The minimum atomic E-state index is -4.50. The van der Waals surface area contributed by atoms with Crippen molar-refractivity contribution in [2.45, 2.75) is 26.1 Å². The van der Waals surface area contributed by atoms with Crippen LogP contribution in [0.5, 0.6) is 0 Å². The molecule has 2 rings (SSSR count). The normalized spacial score (nSPS) is 13.0. The topological polar surface area (TPSA) is 80.9 Å². The summed E-state index contributed by atoms with van der Waals surface area (Å²) in [6.07, 6.45) is -2.10. The summed E-state index contributed by atoms with van der Waals surface area (Å²) in [5.41, 5.74) is 4.80. The average molecular weight is 330 g/mol. The van der Waals surface area contributed by atoms with Gasteiger partial charge in [0.2, 0.25) is 0 Å². The van der Waals surface area contributed by atoms with Crippen LogP contribution in [0.2, 0.25) is 0 Å². The molecule has 2 heterocycles. The first-order valence-corrected chi connectivity index (χ1v) is 7.06. The molecule has 9 heteroatoms. The Morgan fingerprint density at radius 2 is 2.05 bits per heavy atom. The molecule has 0 spiro atoms. The largest absolute Gasteiger partial charge is 0.416 e. The first kappa shape index (κ1) is 16.4. The lowest BCUT2D eigenvalue weighted by atomic mass is 10.1. The van der Waals surface area contributed by atoms with Gasteiger partial charge < -0.3 is 11.1 Å². The number of nitrogens with two attached hydrogens (primary N) is 1. The van der Waals surface area contributed by atoms with Gasteiger partial charge in [-0.05, 0) is 25.5 Å². The summed E-state index contributed by atoms with van der Waals surface area (Å²) < 4.78 is 38.5. The Kier molecular flexibility index (Phi) is 4.47. The fourth-order valence-corrected chi connectivity index (χ4v) is 2.44. The van der Waals surface area contributed by atoms with E-state index in [2.05, 4.69) is 15.3 Å². The molecule has 0 aromatic carbocycles. The van der Waals surface area contributed by atoms with Gasteiger partial charge in [0.25, 0.3) is 5.91 Å². The summed E-state index contributed by atoms with van der Waals surface area (Å²) in [6.45, 7) is 3.02. The molecule has 0 aliphatic heterocycles. The van der Waals surface area contributed by atoms with E-state index in [4.69, 9.17) is 5.73 Å². The summed E-state index contributed by atoms with van der Waals surface area (Å²) in [4.78, 5) is 20.0. The van der Waals surface area contributed by atoms with Crippen LogP contribution in [0.4, 0.5) is 19.0 Å². The molecular formula is C13H13F3N4OS. The highest BCUT2D eigenvalue weighted by molar-refractivity contribution is 7.13. The Morgan fingerprint density at radius 1 is 1.36 bits per heavy atom. The molecule has 2 aromatic heterocycles. The second-order valence-electron chi connectivity index (χ2n) is 4.69. The van der Waals surface area contributed by atoms with Crippen molar-refractivity contribution < 1.29 is 18.0 Å². The van der Waals surface area contributed by atoms with Crippen LogP contribution < -0.4 is 11.1 Å². The average Bonchev–Trinajstić information content (AvgIpc) is 2.89. The Balaban J connectivity index is 2.21. The van der Waals surface area contributed by atoms with Crippen LogP contribution in [0.15, 0.2) is 18.5 Å². The molecule has 0 bridgehead atoms. The number of rotatable bonds is 3. The van der Waals surface area contributed by atoms with E-state index < -0.39 is 17.6 Å². The second kappa shape index (κ2) is 6.01. The van der Waals surface area contributed by atoms with E-state index in [1.807, 2.05) is 0 Å². The van der Waals surface area contributed by atoms with Gasteiger partial charge in [0, 0.05) is 6.20 Å². The quantitative estimate of drug-likeness (QED) is 0.906. The van der Waals surface area contributed by atoms with Gasteiger partial charge in [-0.1, -0.05) is 0 Å². The number of hydrogen-bond donors (Lipinski definition) is 2. The summed E-state index contributed by atoms with van der Waals surface area (Å²) in [6, 6.07) is 0.488. The van der Waals surface area contributed by atoms with Crippen molar-refractivity contribution in [3.63, 3.8) is 0 Å². The van der Waals surface area contributed by atoms with Crippen molar-refractivity contribution in [1.82, 2.24) is 9.97 Å². The summed E-state index contributed by atoms with van der Waals surface area (Å²) in [7, 11) is 0. The minimum Gasteiger partial charge on any atom is -0.322 e. The lowest BCUT2D eigenvalue weighted by Crippen LogP contribution is -2.14. The number of hydrogen-bond acceptors (Lipinski definition) is 5. The standard InChI is InChI=1S/C13H13F3N4OS/c1-6-4-18-10(3-8(6)13(14,15)16)20-11(21)9-5-19-12(22-9)7(2)17/h3-5,7H,17H2,1-2H3,(H,18,20,21)/t7-/m0/s1. The van der Waals surface area contributed by atoms with Gasteiger partial charge in [-0.2, -0.15) is 13.2 Å². The predicted octanol–water partition coefficient (Wildman–Crippen LogP) is 3.14. The van der Waals surface area contributed by atoms with Crippen LogP contribution >= 0.6 is 11.3 Å². The lowest BCUT2D eigenvalue weighted by molar-refractivity contribution is -0.138. The molecule has 0 aliphatic carbocycles. The van der Waals surface area contributed by atoms with Gasteiger partial charge in [-0.3, -0.25) is 4.79 Å². The number of alkyl halides is 3. The number of anilines is 1. The Bertz CT molecular complexity index is 697. The van der Waals surface area contributed by atoms with E-state index in [-0.39, 0.29) is 22.3 Å². The Morgan fingerprint density at radius 3 is 2.59 bits per heavy atom. The number of aryl methyl sites for hydroxylation is 1. The van der Waals surface area contributed by atoms with E-state index in [0.717, 1.165) is 23.6 Å². The number of carbonyl (C=O) groups excluding carboxylic acids is 1. The van der Waals surface area contributed by atoms with Gasteiger partial charge in [0.15, 0.2) is 0 Å². The van der Waals surface area contributed by atoms with Crippen molar-refractivity contribution >= 4 is 23.1 Å². The van der Waals surface area contributed by atoms with Gasteiger partial charge in [0.05, 0.1) is 17.8 Å². The third kappa shape index (κ3) is 3.60. The summed E-state index contributed by atoms with van der Waals surface area (Å²) in [5, 5.41) is 2.90. The molecule has 0 saturated heterocycles. The van der Waals surface area contributed by atoms with Crippen LogP contribution in [0.1, 0.15) is 38.8 Å². The van der Waals surface area contributed by atoms with Gasteiger partial charge >= 0.3 is 6.18 Å². The molecule has 0 radical (unpaired) electrons. The molecule has 0 saturated carbocycles. The maximum absolute atomic E-state index is 12.8. The van der Waals surface area contributed by atoms with Crippen molar-refractivity contribution in [1.29, 1.82) is 0 Å². The minimum absolute atomic E-state index is 0.0115. The number of pyridine rings is 1. The smallest absolute Gasteiger partial charge is 0.322 e. The Labute approximate surface area is 128 Å². The number of thiazole rings is 1. The first-order chi connectivity index (χ1) is 10.2. The molecule has 0 unspecified atom stereocenters. The fraction of sp³-hybridized carbons (Fsp3) is 0.308.